The van der Waals surface area contributed by atoms with Gasteiger partial charge in [-0.15, -0.1) is 0 Å². The summed E-state index contributed by atoms with van der Waals surface area (Å²) >= 11 is 0. The summed E-state index contributed by atoms with van der Waals surface area (Å²) in [5, 5.41) is 0.949. The zero-order chi connectivity index (χ0) is 19.5. The number of hydrogen-bond acceptors (Lipinski definition) is 4. The molecule has 3 aromatic rings. The maximum absolute atomic E-state index is 11.6. The largest absolute Gasteiger partial charge is 0.488 e. The molecule has 0 aliphatic carbocycles. The molecule has 4 rings (SSSR count). The maximum atomic E-state index is 11.6. The Hall–Kier alpha value is -2.79. The average Bonchev–Trinajstić information content (AvgIpc) is 2.69. The van der Waals surface area contributed by atoms with Crippen molar-refractivity contribution in [3.8, 4) is 5.75 Å². The molecule has 2 heterocycles. The van der Waals surface area contributed by atoms with E-state index >= 15 is 0 Å². The summed E-state index contributed by atoms with van der Waals surface area (Å²) in [5.41, 5.74) is 3.88. The van der Waals surface area contributed by atoms with Crippen molar-refractivity contribution in [3.05, 3.63) is 70.1 Å². The molecule has 0 radical (unpaired) electrons. The molecular formula is C23H27N2O3+. The van der Waals surface area contributed by atoms with Gasteiger partial charge in [-0.25, -0.2) is 4.79 Å². The van der Waals surface area contributed by atoms with Crippen LogP contribution in [0.1, 0.15) is 11.1 Å². The van der Waals surface area contributed by atoms with Gasteiger partial charge in [0.25, 0.3) is 0 Å². The van der Waals surface area contributed by atoms with Gasteiger partial charge in [0.1, 0.15) is 24.5 Å². The summed E-state index contributed by atoms with van der Waals surface area (Å²) < 4.78 is 11.2. The Morgan fingerprint density at radius 1 is 1.04 bits per heavy atom. The maximum Gasteiger partial charge on any atom is 0.336 e. The van der Waals surface area contributed by atoms with Crippen LogP contribution in [0.2, 0.25) is 0 Å². The third kappa shape index (κ3) is 4.04. The lowest BCUT2D eigenvalue weighted by molar-refractivity contribution is -0.900. The molecule has 1 aliphatic rings. The van der Waals surface area contributed by atoms with Crippen molar-refractivity contribution in [2.24, 2.45) is 0 Å². The van der Waals surface area contributed by atoms with Gasteiger partial charge in [0.15, 0.2) is 0 Å². The van der Waals surface area contributed by atoms with Crippen molar-refractivity contribution in [3.63, 3.8) is 0 Å². The van der Waals surface area contributed by atoms with E-state index < -0.39 is 0 Å². The molecule has 1 fully saturated rings. The van der Waals surface area contributed by atoms with Gasteiger partial charge in [0.05, 0.1) is 26.2 Å². The van der Waals surface area contributed by atoms with Crippen LogP contribution < -0.4 is 20.2 Å². The Morgan fingerprint density at radius 3 is 2.61 bits per heavy atom. The minimum atomic E-state index is -0.321. The highest BCUT2D eigenvalue weighted by Crippen LogP contribution is 2.22. The van der Waals surface area contributed by atoms with Crippen LogP contribution >= 0.6 is 0 Å². The quantitative estimate of drug-likeness (QED) is 0.691. The number of piperazine rings is 1. The summed E-state index contributed by atoms with van der Waals surface area (Å²) in [5.74, 6) is 0.749. The van der Waals surface area contributed by atoms with Crippen LogP contribution in [0.5, 0.6) is 5.75 Å². The number of nitrogens with zero attached hydrogens (tertiary/aromatic N) is 1. The van der Waals surface area contributed by atoms with Crippen LogP contribution in [-0.4, -0.2) is 39.3 Å². The zero-order valence-corrected chi connectivity index (χ0v) is 16.5. The van der Waals surface area contributed by atoms with E-state index in [1.807, 2.05) is 25.1 Å². The van der Waals surface area contributed by atoms with Crippen molar-refractivity contribution in [1.82, 2.24) is 0 Å². The monoisotopic (exact) mass is 379 g/mol. The molecule has 0 saturated carbocycles. The van der Waals surface area contributed by atoms with E-state index in [0.29, 0.717) is 12.2 Å². The van der Waals surface area contributed by atoms with Gasteiger partial charge in [-0.1, -0.05) is 18.2 Å². The second kappa shape index (κ2) is 8.07. The van der Waals surface area contributed by atoms with Crippen molar-refractivity contribution in [1.29, 1.82) is 0 Å². The topological polar surface area (TPSA) is 47.1 Å². The Kier molecular flexibility index (Phi) is 5.35. The van der Waals surface area contributed by atoms with E-state index in [-0.39, 0.29) is 5.63 Å². The fourth-order valence-electron chi connectivity index (χ4n) is 3.94. The highest BCUT2D eigenvalue weighted by atomic mass is 16.5. The highest BCUT2D eigenvalue weighted by Gasteiger charge is 2.20. The van der Waals surface area contributed by atoms with Crippen LogP contribution in [0.4, 0.5) is 5.69 Å². The van der Waals surface area contributed by atoms with Crippen LogP contribution in [0, 0.1) is 13.8 Å². The molecule has 0 unspecified atom stereocenters. The summed E-state index contributed by atoms with van der Waals surface area (Å²) in [4.78, 5) is 15.6. The summed E-state index contributed by atoms with van der Waals surface area (Å²) in [7, 11) is 0. The minimum Gasteiger partial charge on any atom is -0.488 e. The lowest BCUT2D eigenvalue weighted by Crippen LogP contribution is -3.15. The molecular weight excluding hydrogens is 352 g/mol. The lowest BCUT2D eigenvalue weighted by Gasteiger charge is -2.34. The van der Waals surface area contributed by atoms with Gasteiger partial charge in [-0.05, 0) is 43.2 Å². The van der Waals surface area contributed by atoms with Gasteiger partial charge in [-0.2, -0.15) is 0 Å². The van der Waals surface area contributed by atoms with Crippen LogP contribution in [0.25, 0.3) is 11.0 Å². The summed E-state index contributed by atoms with van der Waals surface area (Å²) in [6.45, 7) is 10.1. The lowest BCUT2D eigenvalue weighted by atomic mass is 10.1. The number of quaternary nitrogens is 1. The number of ether oxygens (including phenoxy) is 1. The van der Waals surface area contributed by atoms with Crippen LogP contribution in [0.3, 0.4) is 0 Å². The fourth-order valence-corrected chi connectivity index (χ4v) is 3.94. The molecule has 0 amide bonds. The number of nitrogens with one attached hydrogen (secondary N) is 1. The second-order valence-electron chi connectivity index (χ2n) is 7.53. The van der Waals surface area contributed by atoms with E-state index in [9.17, 15) is 4.79 Å². The third-order valence-corrected chi connectivity index (χ3v) is 5.57. The van der Waals surface area contributed by atoms with E-state index in [1.54, 1.807) is 4.90 Å². The van der Waals surface area contributed by atoms with E-state index in [4.69, 9.17) is 9.15 Å². The number of hydrogen-bond donors (Lipinski definition) is 1. The van der Waals surface area contributed by atoms with Crippen LogP contribution in [-0.2, 0) is 0 Å². The number of anilines is 1. The summed E-state index contributed by atoms with van der Waals surface area (Å²) in [6.07, 6.45) is 0. The first kappa shape index (κ1) is 18.6. The first-order chi connectivity index (χ1) is 13.6. The van der Waals surface area contributed by atoms with Crippen molar-refractivity contribution in [2.45, 2.75) is 13.8 Å². The molecule has 2 aromatic carbocycles. The number of rotatable bonds is 5. The zero-order valence-electron chi connectivity index (χ0n) is 16.5. The predicted molar refractivity (Wildman–Crippen MR) is 112 cm³/mol. The standard InChI is InChI=1S/C23H26N2O3/c1-17-5-3-4-6-21(17)25-11-9-24(10-12-25)13-14-27-19-7-8-20-18(2)15-23(26)28-22(20)16-19/h3-8,15-16H,9-14H2,1-2H3/p+1. The normalized spacial score (nSPS) is 15.1. The summed E-state index contributed by atoms with van der Waals surface area (Å²) in [6, 6.07) is 15.8. The number of aryl methyl sites for hydroxylation is 2. The highest BCUT2D eigenvalue weighted by molar-refractivity contribution is 5.81. The molecule has 0 spiro atoms. The van der Waals surface area contributed by atoms with Gasteiger partial charge in [0, 0.05) is 23.2 Å². The van der Waals surface area contributed by atoms with Crippen molar-refractivity contribution in [2.75, 3.05) is 44.2 Å². The molecule has 0 atom stereocenters. The molecule has 146 valence electrons. The van der Waals surface area contributed by atoms with E-state index in [1.165, 1.54) is 17.3 Å². The van der Waals surface area contributed by atoms with Gasteiger partial charge < -0.3 is 19.0 Å². The molecule has 5 nitrogen and oxygen atoms in total. The second-order valence-corrected chi connectivity index (χ2v) is 7.53. The van der Waals surface area contributed by atoms with Gasteiger partial charge in [-0.3, -0.25) is 0 Å². The fraction of sp³-hybridized carbons (Fsp3) is 0.348. The minimum absolute atomic E-state index is 0.321. The van der Waals surface area contributed by atoms with Crippen LogP contribution in [0.15, 0.2) is 57.7 Å². The molecule has 28 heavy (non-hydrogen) atoms. The molecule has 1 aromatic heterocycles. The molecule has 1 saturated heterocycles. The van der Waals surface area contributed by atoms with E-state index in [2.05, 4.69) is 36.1 Å². The Balaban J connectivity index is 1.30. The third-order valence-electron chi connectivity index (χ3n) is 5.57. The Bertz CT molecular complexity index is 1020. The number of benzene rings is 2. The van der Waals surface area contributed by atoms with E-state index in [0.717, 1.165) is 49.4 Å². The van der Waals surface area contributed by atoms with Crippen molar-refractivity contribution >= 4 is 16.7 Å². The smallest absolute Gasteiger partial charge is 0.336 e. The Labute approximate surface area is 165 Å². The van der Waals surface area contributed by atoms with Gasteiger partial charge >= 0.3 is 5.63 Å². The van der Waals surface area contributed by atoms with Gasteiger partial charge in [0.2, 0.25) is 0 Å². The number of para-hydroxylation sites is 1. The molecule has 1 aliphatic heterocycles. The molecule has 0 bridgehead atoms. The molecule has 5 heteroatoms. The Morgan fingerprint density at radius 2 is 1.82 bits per heavy atom. The average molecular weight is 379 g/mol. The first-order valence-electron chi connectivity index (χ1n) is 9.91. The SMILES string of the molecule is Cc1ccccc1N1CC[NH+](CCOc2ccc3c(C)cc(=O)oc3c2)CC1. The predicted octanol–water partition coefficient (Wildman–Crippen LogP) is 2.19. The number of fused-ring (bicyclic) bond motifs is 1. The van der Waals surface area contributed by atoms with Crippen molar-refractivity contribution < 1.29 is 14.1 Å². The first-order valence-corrected chi connectivity index (χ1v) is 9.91. The molecule has 1 N–H and O–H groups in total.